The van der Waals surface area contributed by atoms with Crippen LogP contribution in [0.5, 0.6) is 0 Å². The van der Waals surface area contributed by atoms with Crippen LogP contribution in [0.2, 0.25) is 18.1 Å². The van der Waals surface area contributed by atoms with Gasteiger partial charge in [-0.15, -0.1) is 0 Å². The molecule has 1 aliphatic rings. The maximum absolute atomic E-state index is 12.4. The fourth-order valence-electron chi connectivity index (χ4n) is 2.19. The van der Waals surface area contributed by atoms with Crippen LogP contribution in [-0.2, 0) is 23.5 Å². The summed E-state index contributed by atoms with van der Waals surface area (Å²) in [5.74, 6) is -0.302. The normalized spacial score (nSPS) is 23.8. The first-order chi connectivity index (χ1) is 10.5. The number of hydrogen-bond donors (Lipinski definition) is 0. The van der Waals surface area contributed by atoms with Crippen molar-refractivity contribution >= 4 is 20.1 Å². The third-order valence-electron chi connectivity index (χ3n) is 4.65. The van der Waals surface area contributed by atoms with Crippen LogP contribution in [0.15, 0.2) is 11.6 Å². The van der Waals surface area contributed by atoms with Crippen molar-refractivity contribution in [3.05, 3.63) is 11.6 Å². The number of ether oxygens (including phenoxy) is 2. The number of ketones is 1. The summed E-state index contributed by atoms with van der Waals surface area (Å²) in [7, 11) is -0.734. The number of rotatable bonds is 5. The highest BCUT2D eigenvalue weighted by Gasteiger charge is 2.44. The van der Waals surface area contributed by atoms with Crippen molar-refractivity contribution in [2.75, 3.05) is 13.7 Å². The van der Waals surface area contributed by atoms with E-state index in [2.05, 4.69) is 38.6 Å². The third-order valence-corrected chi connectivity index (χ3v) is 9.11. The number of esters is 1. The van der Waals surface area contributed by atoms with Crippen molar-refractivity contribution < 1.29 is 23.5 Å². The Bertz CT molecular complexity index is 476. The quantitative estimate of drug-likeness (QED) is 0.436. The summed E-state index contributed by atoms with van der Waals surface area (Å²) in [6, 6.07) is 0. The Kier molecular flexibility index (Phi) is 6.74. The van der Waals surface area contributed by atoms with Crippen molar-refractivity contribution in [2.45, 2.75) is 70.9 Å². The summed E-state index contributed by atoms with van der Waals surface area (Å²) in [4.78, 5) is 23.7. The lowest BCUT2D eigenvalue weighted by atomic mass is 9.98. The van der Waals surface area contributed by atoms with E-state index in [1.807, 2.05) is 6.92 Å². The Hall–Kier alpha value is -0.983. The fourth-order valence-corrected chi connectivity index (χ4v) is 3.46. The van der Waals surface area contributed by atoms with Gasteiger partial charge in [0.15, 0.2) is 14.1 Å². The molecule has 1 fully saturated rings. The first kappa shape index (κ1) is 20.1. The SMILES string of the molecule is COC(=O)/C=C(\C)C[C@@H]1OCCC(=O)[C@H]1O[Si](C)(C)C(C)(C)C. The van der Waals surface area contributed by atoms with E-state index < -0.39 is 20.4 Å². The minimum atomic E-state index is -2.08. The van der Waals surface area contributed by atoms with Crippen LogP contribution in [0.4, 0.5) is 0 Å². The molecule has 0 aromatic carbocycles. The highest BCUT2D eigenvalue weighted by Crippen LogP contribution is 2.38. The molecule has 0 aliphatic carbocycles. The number of carbonyl (C=O) groups is 2. The van der Waals surface area contributed by atoms with Gasteiger partial charge in [-0.3, -0.25) is 4.79 Å². The fraction of sp³-hybridized carbons (Fsp3) is 0.765. The predicted molar refractivity (Wildman–Crippen MR) is 91.8 cm³/mol. The Morgan fingerprint density at radius 2 is 2.00 bits per heavy atom. The molecule has 0 saturated carbocycles. The van der Waals surface area contributed by atoms with E-state index in [0.29, 0.717) is 19.4 Å². The minimum absolute atomic E-state index is 0.0200. The molecule has 1 saturated heterocycles. The van der Waals surface area contributed by atoms with Gasteiger partial charge in [0.1, 0.15) is 6.10 Å². The smallest absolute Gasteiger partial charge is 0.330 e. The lowest BCUT2D eigenvalue weighted by Gasteiger charge is -2.42. The second-order valence-electron chi connectivity index (χ2n) is 7.64. The zero-order valence-corrected chi connectivity index (χ0v) is 16.4. The lowest BCUT2D eigenvalue weighted by Crippen LogP contribution is -2.52. The summed E-state index contributed by atoms with van der Waals surface area (Å²) in [5, 5.41) is 0.0200. The van der Waals surface area contributed by atoms with Gasteiger partial charge >= 0.3 is 5.97 Å². The number of hydrogen-bond acceptors (Lipinski definition) is 5. The summed E-state index contributed by atoms with van der Waals surface area (Å²) in [5.41, 5.74) is 0.820. The van der Waals surface area contributed by atoms with Crippen LogP contribution >= 0.6 is 0 Å². The predicted octanol–water partition coefficient (Wildman–Crippen LogP) is 3.24. The number of methoxy groups -OCH3 is 1. The van der Waals surface area contributed by atoms with Crippen LogP contribution in [0.25, 0.3) is 0 Å². The van der Waals surface area contributed by atoms with Gasteiger partial charge in [0.05, 0.1) is 19.8 Å². The molecule has 2 atom stereocenters. The second kappa shape index (κ2) is 7.72. The summed E-state index contributed by atoms with van der Waals surface area (Å²) in [6.07, 6.45) is 1.42. The minimum Gasteiger partial charge on any atom is -0.466 e. The molecule has 0 amide bonds. The van der Waals surface area contributed by atoms with Gasteiger partial charge in [0, 0.05) is 12.5 Å². The first-order valence-corrected chi connectivity index (χ1v) is 11.0. The van der Waals surface area contributed by atoms with Gasteiger partial charge in [-0.2, -0.15) is 0 Å². The molecule has 0 unspecified atom stereocenters. The molecule has 132 valence electrons. The van der Waals surface area contributed by atoms with Crippen LogP contribution in [-0.4, -0.2) is 46.0 Å². The molecule has 0 N–H and O–H groups in total. The molecule has 1 aliphatic heterocycles. The van der Waals surface area contributed by atoms with E-state index in [9.17, 15) is 9.59 Å². The average Bonchev–Trinajstić information content (AvgIpc) is 2.41. The summed E-state index contributed by atoms with van der Waals surface area (Å²) >= 11 is 0. The molecule has 5 nitrogen and oxygen atoms in total. The molecular weight excluding hydrogens is 312 g/mol. The van der Waals surface area contributed by atoms with Gasteiger partial charge in [-0.1, -0.05) is 26.3 Å². The molecule has 1 rings (SSSR count). The Balaban J connectivity index is 2.90. The van der Waals surface area contributed by atoms with Crippen LogP contribution in [0, 0.1) is 0 Å². The molecule has 23 heavy (non-hydrogen) atoms. The molecule has 0 aromatic heterocycles. The molecule has 0 radical (unpaired) electrons. The highest BCUT2D eigenvalue weighted by molar-refractivity contribution is 6.74. The van der Waals surface area contributed by atoms with E-state index in [1.165, 1.54) is 13.2 Å². The van der Waals surface area contributed by atoms with Crippen molar-refractivity contribution in [3.8, 4) is 0 Å². The monoisotopic (exact) mass is 342 g/mol. The molecule has 0 bridgehead atoms. The van der Waals surface area contributed by atoms with Crippen LogP contribution < -0.4 is 0 Å². The number of carbonyl (C=O) groups excluding carboxylic acids is 2. The van der Waals surface area contributed by atoms with Crippen LogP contribution in [0.3, 0.4) is 0 Å². The number of Topliss-reactive ketones (excluding diaryl/α,β-unsaturated/α-hetero) is 1. The molecule has 0 spiro atoms. The van der Waals surface area contributed by atoms with Crippen molar-refractivity contribution in [2.24, 2.45) is 0 Å². The maximum Gasteiger partial charge on any atom is 0.330 e. The largest absolute Gasteiger partial charge is 0.466 e. The third kappa shape index (κ3) is 5.55. The van der Waals surface area contributed by atoms with E-state index in [1.54, 1.807) is 0 Å². The Morgan fingerprint density at radius 3 is 2.52 bits per heavy atom. The lowest BCUT2D eigenvalue weighted by molar-refractivity contribution is -0.144. The maximum atomic E-state index is 12.4. The summed E-state index contributed by atoms with van der Waals surface area (Å²) < 4.78 is 16.7. The van der Waals surface area contributed by atoms with E-state index >= 15 is 0 Å². The average molecular weight is 343 g/mol. The van der Waals surface area contributed by atoms with E-state index in [-0.39, 0.29) is 16.9 Å². The molecule has 1 heterocycles. The van der Waals surface area contributed by atoms with Crippen LogP contribution in [0.1, 0.15) is 40.5 Å². The van der Waals surface area contributed by atoms with Crippen molar-refractivity contribution in [3.63, 3.8) is 0 Å². The standard InChI is InChI=1S/C17H30O5Si/c1-12(11-15(19)20-5)10-14-16(13(18)8-9-21-14)22-23(6,7)17(2,3)4/h11,14,16H,8-10H2,1-7H3/b12-11+/t14-,16+/m0/s1. The zero-order chi connectivity index (χ0) is 17.8. The molecular formula is C17H30O5Si. The summed E-state index contributed by atoms with van der Waals surface area (Å²) in [6.45, 7) is 12.9. The van der Waals surface area contributed by atoms with Gasteiger partial charge in [-0.25, -0.2) is 4.79 Å². The second-order valence-corrected chi connectivity index (χ2v) is 12.4. The van der Waals surface area contributed by atoms with Gasteiger partial charge < -0.3 is 13.9 Å². The molecule has 0 aromatic rings. The topological polar surface area (TPSA) is 61.8 Å². The van der Waals surface area contributed by atoms with E-state index in [4.69, 9.17) is 9.16 Å². The Morgan fingerprint density at radius 1 is 1.39 bits per heavy atom. The van der Waals surface area contributed by atoms with E-state index in [0.717, 1.165) is 5.57 Å². The van der Waals surface area contributed by atoms with Gasteiger partial charge in [0.2, 0.25) is 0 Å². The first-order valence-electron chi connectivity index (χ1n) is 8.05. The van der Waals surface area contributed by atoms with Gasteiger partial charge in [-0.05, 0) is 31.5 Å². The highest BCUT2D eigenvalue weighted by atomic mass is 28.4. The Labute approximate surface area is 140 Å². The molecule has 6 heteroatoms. The van der Waals surface area contributed by atoms with Gasteiger partial charge in [0.25, 0.3) is 0 Å². The zero-order valence-electron chi connectivity index (χ0n) is 15.4. The van der Waals surface area contributed by atoms with Crippen molar-refractivity contribution in [1.29, 1.82) is 0 Å². The van der Waals surface area contributed by atoms with Crippen molar-refractivity contribution in [1.82, 2.24) is 0 Å².